The molecule has 0 radical (unpaired) electrons. The lowest BCUT2D eigenvalue weighted by atomic mass is 9.68. The van der Waals surface area contributed by atoms with Gasteiger partial charge in [-0.3, -0.25) is 0 Å². The number of aliphatic hydroxyl groups is 1. The third kappa shape index (κ3) is 3.23. The minimum atomic E-state index is -0.569. The molecule has 0 heterocycles. The van der Waals surface area contributed by atoms with Crippen molar-refractivity contribution in [2.24, 2.45) is 17.1 Å². The van der Waals surface area contributed by atoms with Gasteiger partial charge >= 0.3 is 0 Å². The Bertz CT molecular complexity index is 227. The average Bonchev–Trinajstić information content (AvgIpc) is 2.74. The monoisotopic (exact) mass is 241 g/mol. The van der Waals surface area contributed by atoms with Crippen molar-refractivity contribution in [1.82, 2.24) is 0 Å². The lowest BCUT2D eigenvalue weighted by Gasteiger charge is -2.43. The molecule has 0 saturated heterocycles. The van der Waals surface area contributed by atoms with Crippen LogP contribution in [0.3, 0.4) is 0 Å². The minimum absolute atomic E-state index is 0.0125. The summed E-state index contributed by atoms with van der Waals surface area (Å²) in [6.07, 6.45) is 9.18. The molecule has 3 N–H and O–H groups in total. The first-order valence-corrected chi connectivity index (χ1v) is 7.44. The van der Waals surface area contributed by atoms with Gasteiger partial charge in [0.1, 0.15) is 0 Å². The van der Waals surface area contributed by atoms with Gasteiger partial charge in [-0.05, 0) is 38.5 Å². The van der Waals surface area contributed by atoms with Crippen LogP contribution in [0.1, 0.15) is 72.1 Å². The number of rotatable bonds is 7. The fourth-order valence-electron chi connectivity index (χ4n) is 3.46. The van der Waals surface area contributed by atoms with E-state index in [-0.39, 0.29) is 5.41 Å². The van der Waals surface area contributed by atoms with E-state index in [0.717, 1.165) is 31.6 Å². The molecule has 0 aromatic carbocycles. The Morgan fingerprint density at radius 3 is 2.53 bits per heavy atom. The van der Waals surface area contributed by atoms with Crippen molar-refractivity contribution in [1.29, 1.82) is 0 Å². The van der Waals surface area contributed by atoms with E-state index < -0.39 is 5.60 Å². The first-order chi connectivity index (χ1) is 8.01. The first-order valence-electron chi connectivity index (χ1n) is 7.44. The van der Waals surface area contributed by atoms with E-state index in [1.165, 1.54) is 25.7 Å². The Balaban J connectivity index is 2.64. The zero-order valence-electron chi connectivity index (χ0n) is 12.0. The fraction of sp³-hybridized carbons (Fsp3) is 1.00. The van der Waals surface area contributed by atoms with Crippen LogP contribution in [0.15, 0.2) is 0 Å². The van der Waals surface area contributed by atoms with Crippen molar-refractivity contribution in [3.8, 4) is 0 Å². The SMILES string of the molecule is CCCCCC(C)(O)C1(CN)CCC(CC)C1. The summed E-state index contributed by atoms with van der Waals surface area (Å²) in [4.78, 5) is 0. The Morgan fingerprint density at radius 2 is 2.06 bits per heavy atom. The normalized spacial score (nSPS) is 32.6. The highest BCUT2D eigenvalue weighted by Crippen LogP contribution is 2.50. The summed E-state index contributed by atoms with van der Waals surface area (Å²) >= 11 is 0. The highest BCUT2D eigenvalue weighted by Gasteiger charge is 2.49. The molecule has 0 amide bonds. The van der Waals surface area contributed by atoms with Crippen LogP contribution in [-0.2, 0) is 0 Å². The molecular formula is C15H31NO. The van der Waals surface area contributed by atoms with Gasteiger partial charge in [0.05, 0.1) is 5.60 Å². The number of hydrogen-bond donors (Lipinski definition) is 2. The number of unbranched alkanes of at least 4 members (excludes halogenated alkanes) is 2. The largest absolute Gasteiger partial charge is 0.390 e. The maximum absolute atomic E-state index is 10.8. The molecule has 0 spiro atoms. The zero-order valence-corrected chi connectivity index (χ0v) is 12.0. The summed E-state index contributed by atoms with van der Waals surface area (Å²) in [5.41, 5.74) is 5.43. The maximum atomic E-state index is 10.8. The van der Waals surface area contributed by atoms with Crippen molar-refractivity contribution in [3.05, 3.63) is 0 Å². The number of nitrogens with two attached hydrogens (primary N) is 1. The molecule has 0 aromatic heterocycles. The van der Waals surface area contributed by atoms with Crippen molar-refractivity contribution < 1.29 is 5.11 Å². The van der Waals surface area contributed by atoms with Crippen LogP contribution in [0.2, 0.25) is 0 Å². The van der Waals surface area contributed by atoms with E-state index in [0.29, 0.717) is 6.54 Å². The zero-order chi connectivity index (χ0) is 12.9. The molecule has 1 fully saturated rings. The van der Waals surface area contributed by atoms with Crippen LogP contribution in [0.4, 0.5) is 0 Å². The second-order valence-corrected chi connectivity index (χ2v) is 6.23. The van der Waals surface area contributed by atoms with Crippen molar-refractivity contribution in [2.45, 2.75) is 77.7 Å². The van der Waals surface area contributed by atoms with Crippen molar-refractivity contribution in [3.63, 3.8) is 0 Å². The predicted molar refractivity (Wildman–Crippen MR) is 73.9 cm³/mol. The second kappa shape index (κ2) is 6.19. The molecule has 1 aliphatic carbocycles. The molecule has 17 heavy (non-hydrogen) atoms. The molecule has 102 valence electrons. The standard InChI is InChI=1S/C15H31NO/c1-4-6-7-9-14(3,17)15(12-16)10-8-13(5-2)11-15/h13,17H,4-12,16H2,1-3H3. The van der Waals surface area contributed by atoms with Gasteiger partial charge in [0, 0.05) is 12.0 Å². The fourth-order valence-corrected chi connectivity index (χ4v) is 3.46. The molecule has 2 nitrogen and oxygen atoms in total. The molecule has 2 heteroatoms. The topological polar surface area (TPSA) is 46.2 Å². The lowest BCUT2D eigenvalue weighted by molar-refractivity contribution is -0.0727. The van der Waals surface area contributed by atoms with Crippen LogP contribution in [0.25, 0.3) is 0 Å². The quantitative estimate of drug-likeness (QED) is 0.670. The van der Waals surface area contributed by atoms with Gasteiger partial charge in [0.25, 0.3) is 0 Å². The maximum Gasteiger partial charge on any atom is 0.0687 e. The van der Waals surface area contributed by atoms with Crippen molar-refractivity contribution in [2.75, 3.05) is 6.54 Å². The summed E-state index contributed by atoms with van der Waals surface area (Å²) in [7, 11) is 0. The number of hydrogen-bond acceptors (Lipinski definition) is 2. The Hall–Kier alpha value is -0.0800. The summed E-state index contributed by atoms with van der Waals surface area (Å²) in [5, 5.41) is 10.8. The van der Waals surface area contributed by atoms with Crippen LogP contribution < -0.4 is 5.73 Å². The van der Waals surface area contributed by atoms with Gasteiger partial charge in [-0.1, -0.05) is 39.5 Å². The third-order valence-electron chi connectivity index (χ3n) is 5.09. The molecule has 0 aromatic rings. The van der Waals surface area contributed by atoms with Gasteiger partial charge in [0.2, 0.25) is 0 Å². The molecule has 3 unspecified atom stereocenters. The Kier molecular flexibility index (Phi) is 5.46. The van der Waals surface area contributed by atoms with E-state index in [9.17, 15) is 5.11 Å². The molecule has 3 atom stereocenters. The Labute approximate surface area is 107 Å². The third-order valence-corrected chi connectivity index (χ3v) is 5.09. The molecule has 1 saturated carbocycles. The summed E-state index contributed by atoms with van der Waals surface area (Å²) in [6.45, 7) is 7.12. The van der Waals surface area contributed by atoms with Gasteiger partial charge < -0.3 is 10.8 Å². The van der Waals surface area contributed by atoms with Crippen molar-refractivity contribution >= 4 is 0 Å². The van der Waals surface area contributed by atoms with E-state index in [2.05, 4.69) is 13.8 Å². The summed E-state index contributed by atoms with van der Waals surface area (Å²) in [5.74, 6) is 0.774. The Morgan fingerprint density at radius 1 is 1.35 bits per heavy atom. The van der Waals surface area contributed by atoms with Crippen LogP contribution in [0, 0.1) is 11.3 Å². The van der Waals surface area contributed by atoms with Gasteiger partial charge in [-0.25, -0.2) is 0 Å². The second-order valence-electron chi connectivity index (χ2n) is 6.23. The molecule has 0 bridgehead atoms. The van der Waals surface area contributed by atoms with Crippen LogP contribution >= 0.6 is 0 Å². The minimum Gasteiger partial charge on any atom is -0.390 e. The van der Waals surface area contributed by atoms with Crippen LogP contribution in [0.5, 0.6) is 0 Å². The van der Waals surface area contributed by atoms with E-state index in [4.69, 9.17) is 5.73 Å². The highest BCUT2D eigenvalue weighted by molar-refractivity contribution is 5.01. The van der Waals surface area contributed by atoms with E-state index in [1.54, 1.807) is 0 Å². The summed E-state index contributed by atoms with van der Waals surface area (Å²) in [6, 6.07) is 0. The van der Waals surface area contributed by atoms with Gasteiger partial charge in [-0.2, -0.15) is 0 Å². The molecular weight excluding hydrogens is 210 g/mol. The van der Waals surface area contributed by atoms with Gasteiger partial charge in [-0.15, -0.1) is 0 Å². The lowest BCUT2D eigenvalue weighted by Crippen LogP contribution is -2.49. The summed E-state index contributed by atoms with van der Waals surface area (Å²) < 4.78 is 0. The van der Waals surface area contributed by atoms with Gasteiger partial charge in [0.15, 0.2) is 0 Å². The predicted octanol–water partition coefficient (Wildman–Crippen LogP) is 3.47. The smallest absolute Gasteiger partial charge is 0.0687 e. The van der Waals surface area contributed by atoms with Crippen LogP contribution in [-0.4, -0.2) is 17.3 Å². The van der Waals surface area contributed by atoms with E-state index in [1.807, 2.05) is 6.92 Å². The first kappa shape index (κ1) is 15.0. The molecule has 1 aliphatic rings. The molecule has 0 aliphatic heterocycles. The molecule has 1 rings (SSSR count). The average molecular weight is 241 g/mol. The highest BCUT2D eigenvalue weighted by atomic mass is 16.3. The van der Waals surface area contributed by atoms with E-state index >= 15 is 0 Å².